The molecule has 2 N–H and O–H groups in total. The van der Waals surface area contributed by atoms with Crippen LogP contribution in [0.15, 0.2) is 0 Å². The third kappa shape index (κ3) is 2.35. The summed E-state index contributed by atoms with van der Waals surface area (Å²) in [5.74, 6) is 1.04. The number of thiocarbonyl (C=S) groups is 1. The molecule has 3 nitrogen and oxygen atoms in total. The second kappa shape index (κ2) is 5.36. The maximum Gasteiger partial charge on any atom is 0.235 e. The van der Waals surface area contributed by atoms with Gasteiger partial charge in [0, 0.05) is 18.8 Å². The third-order valence-corrected chi connectivity index (χ3v) is 4.68. The predicted octanol–water partition coefficient (Wildman–Crippen LogP) is 1.65. The molecule has 1 fully saturated rings. The van der Waals surface area contributed by atoms with Crippen molar-refractivity contribution in [2.45, 2.75) is 32.2 Å². The normalized spacial score (nSPS) is 19.7. The average Bonchev–Trinajstić information content (AvgIpc) is 2.14. The highest BCUT2D eigenvalue weighted by Crippen LogP contribution is 2.43. The van der Waals surface area contributed by atoms with Crippen LogP contribution in [0.4, 0.5) is 0 Å². The van der Waals surface area contributed by atoms with E-state index in [0.29, 0.717) is 4.99 Å². The average molecular weight is 260 g/mol. The van der Waals surface area contributed by atoms with Gasteiger partial charge in [-0.05, 0) is 26.0 Å². The lowest BCUT2D eigenvalue weighted by atomic mass is 9.67. The van der Waals surface area contributed by atoms with Gasteiger partial charge in [0.2, 0.25) is 5.91 Å². The molecule has 0 radical (unpaired) electrons. The first kappa shape index (κ1) is 13.8. The van der Waals surface area contributed by atoms with Gasteiger partial charge in [-0.3, -0.25) is 4.79 Å². The van der Waals surface area contributed by atoms with Gasteiger partial charge in [-0.15, -0.1) is 0 Å². The van der Waals surface area contributed by atoms with Crippen LogP contribution >= 0.6 is 24.0 Å². The summed E-state index contributed by atoms with van der Waals surface area (Å²) in [6.07, 6.45) is 4.73. The quantitative estimate of drug-likeness (QED) is 0.764. The summed E-state index contributed by atoms with van der Waals surface area (Å²) < 4.78 is 0. The Bertz CT molecular complexity index is 290. The van der Waals surface area contributed by atoms with Crippen molar-refractivity contribution < 1.29 is 4.79 Å². The first-order valence-electron chi connectivity index (χ1n) is 5.52. The molecule has 1 atom stereocenters. The van der Waals surface area contributed by atoms with E-state index in [4.69, 9.17) is 18.0 Å². The summed E-state index contributed by atoms with van der Waals surface area (Å²) in [5, 5.41) is 0. The Kier molecular flexibility index (Phi) is 4.62. The minimum Gasteiger partial charge on any atom is -0.392 e. The van der Waals surface area contributed by atoms with Crippen LogP contribution in [-0.4, -0.2) is 40.9 Å². The highest BCUT2D eigenvalue weighted by molar-refractivity contribution is 7.98. The molecule has 1 aliphatic rings. The van der Waals surface area contributed by atoms with E-state index in [2.05, 4.69) is 6.92 Å². The standard InChI is InChI=1S/C11H20N2OS2/c1-8(7-16-3)13(2)10(14)11(9(12)15)5-4-6-11/h8H,4-7H2,1-3H3,(H2,12,15). The highest BCUT2D eigenvalue weighted by atomic mass is 32.2. The molecule has 1 amide bonds. The first-order valence-corrected chi connectivity index (χ1v) is 7.32. The molecule has 1 aliphatic carbocycles. The summed E-state index contributed by atoms with van der Waals surface area (Å²) >= 11 is 6.79. The minimum absolute atomic E-state index is 0.104. The maximum atomic E-state index is 12.4. The number of carbonyl (C=O) groups excluding carboxylic acids is 1. The topological polar surface area (TPSA) is 46.3 Å². The summed E-state index contributed by atoms with van der Waals surface area (Å²) in [6.45, 7) is 2.06. The second-order valence-corrected chi connectivity index (χ2v) is 5.87. The Labute approximate surface area is 107 Å². The van der Waals surface area contributed by atoms with E-state index >= 15 is 0 Å². The van der Waals surface area contributed by atoms with E-state index in [1.165, 1.54) is 0 Å². The second-order valence-electron chi connectivity index (χ2n) is 4.52. The Morgan fingerprint density at radius 1 is 1.62 bits per heavy atom. The monoisotopic (exact) mass is 260 g/mol. The number of amides is 1. The summed E-state index contributed by atoms with van der Waals surface area (Å²) in [4.78, 5) is 14.5. The Morgan fingerprint density at radius 3 is 2.50 bits per heavy atom. The van der Waals surface area contributed by atoms with Crippen LogP contribution in [0.1, 0.15) is 26.2 Å². The van der Waals surface area contributed by atoms with E-state index in [1.54, 1.807) is 16.7 Å². The van der Waals surface area contributed by atoms with Crippen LogP contribution in [0.25, 0.3) is 0 Å². The molecule has 1 saturated carbocycles. The molecular formula is C11H20N2OS2. The zero-order chi connectivity index (χ0) is 12.3. The fourth-order valence-electron chi connectivity index (χ4n) is 1.99. The van der Waals surface area contributed by atoms with Crippen LogP contribution in [0.3, 0.4) is 0 Å². The maximum absolute atomic E-state index is 12.4. The number of nitrogens with zero attached hydrogens (tertiary/aromatic N) is 1. The largest absolute Gasteiger partial charge is 0.392 e. The molecule has 16 heavy (non-hydrogen) atoms. The van der Waals surface area contributed by atoms with Crippen LogP contribution in [0, 0.1) is 5.41 Å². The van der Waals surface area contributed by atoms with Gasteiger partial charge >= 0.3 is 0 Å². The lowest BCUT2D eigenvalue weighted by molar-refractivity contribution is -0.142. The Morgan fingerprint density at radius 2 is 2.19 bits per heavy atom. The number of hydrogen-bond acceptors (Lipinski definition) is 3. The van der Waals surface area contributed by atoms with E-state index in [1.807, 2.05) is 13.3 Å². The van der Waals surface area contributed by atoms with Gasteiger partial charge in [-0.2, -0.15) is 11.8 Å². The molecule has 0 bridgehead atoms. The molecule has 1 rings (SSSR count). The van der Waals surface area contributed by atoms with Crippen molar-refractivity contribution in [1.82, 2.24) is 4.90 Å². The van der Waals surface area contributed by atoms with Gasteiger partial charge < -0.3 is 10.6 Å². The molecular weight excluding hydrogens is 240 g/mol. The molecule has 0 aromatic rings. The molecule has 0 heterocycles. The fourth-order valence-corrected chi connectivity index (χ4v) is 2.98. The van der Waals surface area contributed by atoms with Crippen molar-refractivity contribution in [2.75, 3.05) is 19.1 Å². The zero-order valence-corrected chi connectivity index (χ0v) is 11.8. The third-order valence-electron chi connectivity index (χ3n) is 3.48. The fraction of sp³-hybridized carbons (Fsp3) is 0.818. The highest BCUT2D eigenvalue weighted by Gasteiger charge is 2.48. The lowest BCUT2D eigenvalue weighted by Gasteiger charge is -2.43. The Hall–Kier alpha value is -0.290. The summed E-state index contributed by atoms with van der Waals surface area (Å²) in [5.41, 5.74) is 5.19. The van der Waals surface area contributed by atoms with Crippen LogP contribution in [0.5, 0.6) is 0 Å². The number of thioether (sulfide) groups is 1. The lowest BCUT2D eigenvalue weighted by Crippen LogP contribution is -2.55. The van der Waals surface area contributed by atoms with Crippen molar-refractivity contribution in [3.05, 3.63) is 0 Å². The number of nitrogens with two attached hydrogens (primary N) is 1. The van der Waals surface area contributed by atoms with Crippen molar-refractivity contribution in [3.8, 4) is 0 Å². The number of rotatable bonds is 5. The van der Waals surface area contributed by atoms with E-state index in [9.17, 15) is 4.79 Å². The molecule has 0 aromatic carbocycles. The number of hydrogen-bond donors (Lipinski definition) is 1. The molecule has 5 heteroatoms. The summed E-state index contributed by atoms with van der Waals surface area (Å²) in [7, 11) is 1.85. The van der Waals surface area contributed by atoms with Crippen LogP contribution in [0.2, 0.25) is 0 Å². The van der Waals surface area contributed by atoms with Crippen LogP contribution < -0.4 is 5.73 Å². The molecule has 0 saturated heterocycles. The summed E-state index contributed by atoms with van der Waals surface area (Å²) in [6, 6.07) is 0.231. The predicted molar refractivity (Wildman–Crippen MR) is 73.7 cm³/mol. The van der Waals surface area contributed by atoms with Gasteiger partial charge in [-0.25, -0.2) is 0 Å². The van der Waals surface area contributed by atoms with E-state index < -0.39 is 5.41 Å². The Balaban J connectivity index is 2.72. The van der Waals surface area contributed by atoms with Crippen molar-refractivity contribution in [3.63, 3.8) is 0 Å². The van der Waals surface area contributed by atoms with Gasteiger partial charge in [-0.1, -0.05) is 18.6 Å². The van der Waals surface area contributed by atoms with E-state index in [0.717, 1.165) is 25.0 Å². The zero-order valence-electron chi connectivity index (χ0n) is 10.2. The number of carbonyl (C=O) groups is 1. The minimum atomic E-state index is -0.531. The molecule has 0 spiro atoms. The van der Waals surface area contributed by atoms with E-state index in [-0.39, 0.29) is 11.9 Å². The van der Waals surface area contributed by atoms with Gasteiger partial charge in [0.25, 0.3) is 0 Å². The molecule has 92 valence electrons. The van der Waals surface area contributed by atoms with Gasteiger partial charge in [0.1, 0.15) is 0 Å². The molecule has 0 aliphatic heterocycles. The SMILES string of the molecule is CSCC(C)N(C)C(=O)C1(C(N)=S)CCC1. The van der Waals surface area contributed by atoms with Gasteiger partial charge in [0.15, 0.2) is 0 Å². The smallest absolute Gasteiger partial charge is 0.235 e. The van der Waals surface area contributed by atoms with Crippen molar-refractivity contribution in [2.24, 2.45) is 11.1 Å². The van der Waals surface area contributed by atoms with Gasteiger partial charge in [0.05, 0.1) is 10.4 Å². The van der Waals surface area contributed by atoms with Crippen molar-refractivity contribution >= 4 is 34.9 Å². The molecule has 0 aromatic heterocycles. The van der Waals surface area contributed by atoms with Crippen molar-refractivity contribution in [1.29, 1.82) is 0 Å². The first-order chi connectivity index (χ1) is 7.45. The molecule has 1 unspecified atom stereocenters. The van der Waals surface area contributed by atoms with Crippen LogP contribution in [-0.2, 0) is 4.79 Å².